The number of aliphatic hydroxyl groups excluding tert-OH is 1. The predicted molar refractivity (Wildman–Crippen MR) is 72.5 cm³/mol. The van der Waals surface area contributed by atoms with Crippen molar-refractivity contribution in [2.75, 3.05) is 11.4 Å². The highest BCUT2D eigenvalue weighted by atomic mass is 16.4. The van der Waals surface area contributed by atoms with Gasteiger partial charge in [-0.1, -0.05) is 18.2 Å². The lowest BCUT2D eigenvalue weighted by Crippen LogP contribution is -2.22. The van der Waals surface area contributed by atoms with Crippen LogP contribution >= 0.6 is 0 Å². The van der Waals surface area contributed by atoms with Gasteiger partial charge in [-0.15, -0.1) is 0 Å². The second-order valence-corrected chi connectivity index (χ2v) is 4.33. The van der Waals surface area contributed by atoms with Gasteiger partial charge >= 0.3 is 0 Å². The molecule has 0 bridgehead atoms. The second-order valence-electron chi connectivity index (χ2n) is 4.33. The van der Waals surface area contributed by atoms with Crippen molar-refractivity contribution in [3.05, 3.63) is 53.5 Å². The Morgan fingerprint density at radius 2 is 1.83 bits per heavy atom. The van der Waals surface area contributed by atoms with Gasteiger partial charge in [0.2, 0.25) is 0 Å². The molecule has 1 aromatic heterocycles. The zero-order chi connectivity index (χ0) is 13.0. The number of aryl methyl sites for hydroxylation is 1. The van der Waals surface area contributed by atoms with Crippen LogP contribution in [0.2, 0.25) is 0 Å². The maximum absolute atomic E-state index is 9.00. The molecule has 0 unspecified atom stereocenters. The van der Waals surface area contributed by atoms with Crippen LogP contribution in [-0.2, 0) is 13.2 Å². The first-order valence-electron chi connectivity index (χ1n) is 6.23. The van der Waals surface area contributed by atoms with Crippen molar-refractivity contribution in [1.29, 1.82) is 0 Å². The van der Waals surface area contributed by atoms with Crippen LogP contribution in [-0.4, -0.2) is 11.7 Å². The number of benzene rings is 1. The number of hydrogen-bond acceptors (Lipinski definition) is 3. The number of para-hydroxylation sites is 1. The maximum Gasteiger partial charge on any atom is 0.129 e. The van der Waals surface area contributed by atoms with E-state index >= 15 is 0 Å². The van der Waals surface area contributed by atoms with E-state index in [0.29, 0.717) is 5.76 Å². The van der Waals surface area contributed by atoms with Gasteiger partial charge in [-0.05, 0) is 37.6 Å². The number of furan rings is 1. The van der Waals surface area contributed by atoms with Gasteiger partial charge in [0.05, 0.1) is 6.54 Å². The van der Waals surface area contributed by atoms with Crippen molar-refractivity contribution in [1.82, 2.24) is 0 Å². The lowest BCUT2D eigenvalue weighted by Gasteiger charge is -2.23. The molecule has 0 aliphatic carbocycles. The first-order chi connectivity index (χ1) is 8.74. The molecule has 0 spiro atoms. The van der Waals surface area contributed by atoms with Gasteiger partial charge < -0.3 is 14.4 Å². The molecule has 1 heterocycles. The smallest absolute Gasteiger partial charge is 0.129 e. The van der Waals surface area contributed by atoms with E-state index < -0.39 is 0 Å². The van der Waals surface area contributed by atoms with Gasteiger partial charge in [-0.2, -0.15) is 0 Å². The molecule has 0 radical (unpaired) electrons. The minimum absolute atomic E-state index is 0.0451. The first kappa shape index (κ1) is 12.7. The third kappa shape index (κ3) is 2.74. The van der Waals surface area contributed by atoms with E-state index in [2.05, 4.69) is 30.9 Å². The maximum atomic E-state index is 9.00. The lowest BCUT2D eigenvalue weighted by molar-refractivity contribution is 0.243. The van der Waals surface area contributed by atoms with Gasteiger partial charge in [-0.25, -0.2) is 0 Å². The fourth-order valence-electron chi connectivity index (χ4n) is 2.07. The highest BCUT2D eigenvalue weighted by Gasteiger charge is 2.10. The minimum atomic E-state index is -0.0451. The molecule has 0 aliphatic rings. The van der Waals surface area contributed by atoms with Crippen molar-refractivity contribution in [3.63, 3.8) is 0 Å². The zero-order valence-electron chi connectivity index (χ0n) is 10.9. The third-order valence-electron chi connectivity index (χ3n) is 3.06. The Kier molecular flexibility index (Phi) is 4.05. The number of aliphatic hydroxyl groups is 1. The van der Waals surface area contributed by atoms with Gasteiger partial charge in [-0.3, -0.25) is 0 Å². The third-order valence-corrected chi connectivity index (χ3v) is 3.06. The molecule has 0 saturated heterocycles. The van der Waals surface area contributed by atoms with Crippen molar-refractivity contribution >= 4 is 5.69 Å². The molecule has 2 rings (SSSR count). The van der Waals surface area contributed by atoms with E-state index in [4.69, 9.17) is 9.52 Å². The molecule has 0 atom stereocenters. The standard InChI is InChI=1S/C15H19NO2/c1-3-16(15-7-5-4-6-12(15)2)10-13-8-9-14(11-17)18-13/h4-9,17H,3,10-11H2,1-2H3. The van der Waals surface area contributed by atoms with Crippen LogP contribution in [0.3, 0.4) is 0 Å². The van der Waals surface area contributed by atoms with E-state index in [-0.39, 0.29) is 6.61 Å². The molecule has 1 aromatic carbocycles. The van der Waals surface area contributed by atoms with E-state index in [1.54, 1.807) is 0 Å². The lowest BCUT2D eigenvalue weighted by atomic mass is 10.2. The summed E-state index contributed by atoms with van der Waals surface area (Å²) in [6, 6.07) is 12.1. The molecular formula is C15H19NO2. The highest BCUT2D eigenvalue weighted by molar-refractivity contribution is 5.52. The normalized spacial score (nSPS) is 10.6. The Bertz CT molecular complexity index is 505. The summed E-state index contributed by atoms with van der Waals surface area (Å²) in [4.78, 5) is 2.26. The first-order valence-corrected chi connectivity index (χ1v) is 6.23. The van der Waals surface area contributed by atoms with Gasteiger partial charge in [0.25, 0.3) is 0 Å². The van der Waals surface area contributed by atoms with Gasteiger partial charge in [0.1, 0.15) is 18.1 Å². The number of rotatable bonds is 5. The van der Waals surface area contributed by atoms with Crippen LogP contribution in [0, 0.1) is 6.92 Å². The van der Waals surface area contributed by atoms with Crippen molar-refractivity contribution < 1.29 is 9.52 Å². The topological polar surface area (TPSA) is 36.6 Å². The second kappa shape index (κ2) is 5.74. The molecule has 0 amide bonds. The Labute approximate surface area is 108 Å². The Morgan fingerprint density at radius 3 is 2.44 bits per heavy atom. The molecular weight excluding hydrogens is 226 g/mol. The average Bonchev–Trinajstić information content (AvgIpc) is 2.85. The van der Waals surface area contributed by atoms with Crippen LogP contribution < -0.4 is 4.90 Å². The number of anilines is 1. The largest absolute Gasteiger partial charge is 0.462 e. The van der Waals surface area contributed by atoms with E-state index in [1.165, 1.54) is 11.3 Å². The van der Waals surface area contributed by atoms with E-state index in [1.807, 2.05) is 24.3 Å². The monoisotopic (exact) mass is 245 g/mol. The Morgan fingerprint density at radius 1 is 1.11 bits per heavy atom. The number of nitrogens with zero attached hydrogens (tertiary/aromatic N) is 1. The molecule has 1 N–H and O–H groups in total. The van der Waals surface area contributed by atoms with Crippen LogP contribution in [0.15, 0.2) is 40.8 Å². The van der Waals surface area contributed by atoms with Crippen molar-refractivity contribution in [3.8, 4) is 0 Å². The fraction of sp³-hybridized carbons (Fsp3) is 0.333. The minimum Gasteiger partial charge on any atom is -0.462 e. The van der Waals surface area contributed by atoms with Crippen LogP contribution in [0.25, 0.3) is 0 Å². The van der Waals surface area contributed by atoms with Crippen LogP contribution in [0.4, 0.5) is 5.69 Å². The van der Waals surface area contributed by atoms with E-state index in [0.717, 1.165) is 18.8 Å². The van der Waals surface area contributed by atoms with Crippen molar-refractivity contribution in [2.45, 2.75) is 27.0 Å². The highest BCUT2D eigenvalue weighted by Crippen LogP contribution is 2.22. The summed E-state index contributed by atoms with van der Waals surface area (Å²) in [5.41, 5.74) is 2.48. The molecule has 2 aromatic rings. The summed E-state index contributed by atoms with van der Waals surface area (Å²) >= 11 is 0. The average molecular weight is 245 g/mol. The summed E-state index contributed by atoms with van der Waals surface area (Å²) in [5.74, 6) is 1.50. The number of hydrogen-bond donors (Lipinski definition) is 1. The SMILES string of the molecule is CCN(Cc1ccc(CO)o1)c1ccccc1C. The van der Waals surface area contributed by atoms with Gasteiger partial charge in [0, 0.05) is 12.2 Å². The molecule has 18 heavy (non-hydrogen) atoms. The predicted octanol–water partition coefficient (Wildman–Crippen LogP) is 3.11. The summed E-state index contributed by atoms with van der Waals surface area (Å²) in [6.45, 7) is 5.83. The summed E-state index contributed by atoms with van der Waals surface area (Å²) in [5, 5.41) is 9.00. The molecule has 0 saturated carbocycles. The molecule has 3 nitrogen and oxygen atoms in total. The quantitative estimate of drug-likeness (QED) is 0.879. The van der Waals surface area contributed by atoms with Crippen LogP contribution in [0.1, 0.15) is 24.0 Å². The summed E-state index contributed by atoms with van der Waals surface area (Å²) in [7, 11) is 0. The Balaban J connectivity index is 2.17. The fourth-order valence-corrected chi connectivity index (χ4v) is 2.07. The summed E-state index contributed by atoms with van der Waals surface area (Å²) in [6.07, 6.45) is 0. The zero-order valence-corrected chi connectivity index (χ0v) is 10.9. The molecule has 0 fully saturated rings. The van der Waals surface area contributed by atoms with Crippen molar-refractivity contribution in [2.24, 2.45) is 0 Å². The van der Waals surface area contributed by atoms with Gasteiger partial charge in [0.15, 0.2) is 0 Å². The molecule has 3 heteroatoms. The van der Waals surface area contributed by atoms with E-state index in [9.17, 15) is 0 Å². The summed E-state index contributed by atoms with van der Waals surface area (Å²) < 4.78 is 5.53. The van der Waals surface area contributed by atoms with Crippen LogP contribution in [0.5, 0.6) is 0 Å². The molecule has 96 valence electrons. The molecule has 0 aliphatic heterocycles. The Hall–Kier alpha value is -1.74.